The van der Waals surface area contributed by atoms with Crippen molar-refractivity contribution in [3.63, 3.8) is 0 Å². The summed E-state index contributed by atoms with van der Waals surface area (Å²) in [6.45, 7) is 3.26. The number of hydrogen-bond acceptors (Lipinski definition) is 4. The fourth-order valence-corrected chi connectivity index (χ4v) is 3.04. The van der Waals surface area contributed by atoms with Crippen molar-refractivity contribution < 1.29 is 8.42 Å². The number of benzene rings is 1. The van der Waals surface area contributed by atoms with E-state index in [1.165, 1.54) is 0 Å². The summed E-state index contributed by atoms with van der Waals surface area (Å²) in [6, 6.07) is 12.0. The zero-order chi connectivity index (χ0) is 14.4. The van der Waals surface area contributed by atoms with E-state index >= 15 is 0 Å². The second kappa shape index (κ2) is 6.49. The second-order valence-electron chi connectivity index (χ2n) is 4.21. The molecule has 2 aromatic rings. The van der Waals surface area contributed by atoms with E-state index < -0.39 is 10.0 Å². The van der Waals surface area contributed by atoms with Crippen molar-refractivity contribution in [2.45, 2.75) is 18.4 Å². The molecule has 0 aliphatic heterocycles. The lowest BCUT2D eigenvalue weighted by Crippen LogP contribution is -2.19. The molecule has 2 N–H and O–H groups in total. The maximum Gasteiger partial charge on any atom is 0.263 e. The molecule has 0 aliphatic carbocycles. The molecule has 0 amide bonds. The number of pyridine rings is 1. The molecule has 1 heterocycles. The molecule has 1 aromatic heterocycles. The van der Waals surface area contributed by atoms with E-state index in [1.807, 2.05) is 13.0 Å². The van der Waals surface area contributed by atoms with Gasteiger partial charge in [0.25, 0.3) is 10.0 Å². The minimum atomic E-state index is -3.63. The smallest absolute Gasteiger partial charge is 0.263 e. The van der Waals surface area contributed by atoms with Gasteiger partial charge in [0.2, 0.25) is 0 Å². The van der Waals surface area contributed by atoms with Crippen LogP contribution >= 0.6 is 0 Å². The molecule has 5 nitrogen and oxygen atoms in total. The van der Waals surface area contributed by atoms with E-state index in [9.17, 15) is 8.42 Å². The molecule has 2 rings (SSSR count). The van der Waals surface area contributed by atoms with E-state index in [2.05, 4.69) is 15.0 Å². The zero-order valence-electron chi connectivity index (χ0n) is 11.2. The van der Waals surface area contributed by atoms with Crippen molar-refractivity contribution in [1.29, 1.82) is 0 Å². The number of sulfonamides is 1. The number of nitrogens with one attached hydrogen (secondary N) is 2. The minimum absolute atomic E-state index is 0.270. The Morgan fingerprint density at radius 1 is 1.10 bits per heavy atom. The van der Waals surface area contributed by atoms with Crippen molar-refractivity contribution in [3.05, 3.63) is 54.2 Å². The Kier molecular flexibility index (Phi) is 4.70. The predicted octanol–water partition coefficient (Wildman–Crippen LogP) is 1.99. The Hall–Kier alpha value is -1.92. The fourth-order valence-electron chi connectivity index (χ4n) is 1.79. The van der Waals surface area contributed by atoms with Gasteiger partial charge >= 0.3 is 0 Å². The molecule has 0 atom stereocenters. The summed E-state index contributed by atoms with van der Waals surface area (Å²) in [4.78, 5) is 4.25. The van der Waals surface area contributed by atoms with Gasteiger partial charge in [-0.3, -0.25) is 4.72 Å². The molecule has 0 radical (unpaired) electrons. The molecule has 0 aliphatic rings. The van der Waals surface area contributed by atoms with E-state index in [4.69, 9.17) is 0 Å². The van der Waals surface area contributed by atoms with Crippen molar-refractivity contribution in [2.75, 3.05) is 11.3 Å². The highest BCUT2D eigenvalue weighted by Gasteiger charge is 2.18. The van der Waals surface area contributed by atoms with Gasteiger partial charge in [-0.25, -0.2) is 13.4 Å². The summed E-state index contributed by atoms with van der Waals surface area (Å²) < 4.78 is 27.3. The lowest BCUT2D eigenvalue weighted by atomic mass is 10.2. The van der Waals surface area contributed by atoms with Crippen LogP contribution in [0.3, 0.4) is 0 Å². The lowest BCUT2D eigenvalue weighted by molar-refractivity contribution is 0.598. The molecular weight excluding hydrogens is 274 g/mol. The normalized spacial score (nSPS) is 11.2. The van der Waals surface area contributed by atoms with Gasteiger partial charge in [-0.2, -0.15) is 0 Å². The molecule has 0 bridgehead atoms. The molecule has 106 valence electrons. The van der Waals surface area contributed by atoms with Crippen LogP contribution in [0.1, 0.15) is 12.5 Å². The van der Waals surface area contributed by atoms with Gasteiger partial charge in [-0.1, -0.05) is 31.2 Å². The zero-order valence-corrected chi connectivity index (χ0v) is 12.0. The van der Waals surface area contributed by atoms with E-state index in [0.717, 1.165) is 12.1 Å². The second-order valence-corrected chi connectivity index (χ2v) is 5.86. The van der Waals surface area contributed by atoms with Crippen molar-refractivity contribution in [2.24, 2.45) is 0 Å². The number of anilines is 1. The van der Waals surface area contributed by atoms with Crippen LogP contribution in [-0.4, -0.2) is 19.9 Å². The van der Waals surface area contributed by atoms with E-state index in [1.54, 1.807) is 42.6 Å². The number of hydrogen-bond donors (Lipinski definition) is 2. The topological polar surface area (TPSA) is 71.1 Å². The highest BCUT2D eigenvalue weighted by molar-refractivity contribution is 7.92. The highest BCUT2D eigenvalue weighted by atomic mass is 32.2. The van der Waals surface area contributed by atoms with Gasteiger partial charge in [0.05, 0.1) is 4.90 Å². The Bertz CT molecular complexity index is 657. The van der Waals surface area contributed by atoms with Crippen LogP contribution in [0, 0.1) is 0 Å². The van der Waals surface area contributed by atoms with Crippen LogP contribution < -0.4 is 10.0 Å². The standard InChI is InChI=1S/C14H17N3O2S/c1-2-15-11-12-7-3-4-8-13(12)20(18,19)17-14-9-5-6-10-16-14/h3-10,15H,2,11H2,1H3,(H,16,17). The minimum Gasteiger partial charge on any atom is -0.313 e. The van der Waals surface area contributed by atoms with Crippen LogP contribution in [-0.2, 0) is 16.6 Å². The first-order chi connectivity index (χ1) is 9.63. The van der Waals surface area contributed by atoms with Crippen LogP contribution in [0.4, 0.5) is 5.82 Å². The summed E-state index contributed by atoms with van der Waals surface area (Å²) in [5.74, 6) is 0.311. The fraction of sp³-hybridized carbons (Fsp3) is 0.214. The summed E-state index contributed by atoms with van der Waals surface area (Å²) in [6.07, 6.45) is 1.54. The van der Waals surface area contributed by atoms with Gasteiger partial charge in [0.15, 0.2) is 0 Å². The van der Waals surface area contributed by atoms with Gasteiger partial charge in [-0.15, -0.1) is 0 Å². The Morgan fingerprint density at radius 2 is 1.85 bits per heavy atom. The maximum atomic E-state index is 12.4. The quantitative estimate of drug-likeness (QED) is 0.854. The molecule has 0 spiro atoms. The first kappa shape index (κ1) is 14.5. The highest BCUT2D eigenvalue weighted by Crippen LogP contribution is 2.18. The average Bonchev–Trinajstić information content (AvgIpc) is 2.46. The number of rotatable bonds is 6. The Balaban J connectivity index is 2.30. The van der Waals surface area contributed by atoms with Crippen molar-refractivity contribution in [3.8, 4) is 0 Å². The molecule has 0 fully saturated rings. The third-order valence-electron chi connectivity index (χ3n) is 2.73. The SMILES string of the molecule is CCNCc1ccccc1S(=O)(=O)Nc1ccccn1. The van der Waals surface area contributed by atoms with Gasteiger partial charge in [0.1, 0.15) is 5.82 Å². The Labute approximate surface area is 119 Å². The third kappa shape index (κ3) is 3.55. The van der Waals surface area contributed by atoms with Gasteiger partial charge in [0, 0.05) is 12.7 Å². The summed E-state index contributed by atoms with van der Waals surface area (Å²) in [5, 5.41) is 3.13. The molecule has 6 heteroatoms. The number of nitrogens with zero attached hydrogens (tertiary/aromatic N) is 1. The molecule has 1 aromatic carbocycles. The van der Waals surface area contributed by atoms with Gasteiger partial charge in [-0.05, 0) is 30.3 Å². The van der Waals surface area contributed by atoms with Crippen LogP contribution in [0.5, 0.6) is 0 Å². The summed E-state index contributed by atoms with van der Waals surface area (Å²) >= 11 is 0. The van der Waals surface area contributed by atoms with Crippen LogP contribution in [0.25, 0.3) is 0 Å². The van der Waals surface area contributed by atoms with E-state index in [0.29, 0.717) is 12.4 Å². The predicted molar refractivity (Wildman–Crippen MR) is 78.9 cm³/mol. The first-order valence-corrected chi connectivity index (χ1v) is 7.84. The Morgan fingerprint density at radius 3 is 2.55 bits per heavy atom. The monoisotopic (exact) mass is 291 g/mol. The number of aromatic nitrogens is 1. The lowest BCUT2D eigenvalue weighted by Gasteiger charge is -2.12. The van der Waals surface area contributed by atoms with Crippen LogP contribution in [0.15, 0.2) is 53.6 Å². The van der Waals surface area contributed by atoms with Gasteiger partial charge < -0.3 is 5.32 Å². The molecule has 0 saturated heterocycles. The largest absolute Gasteiger partial charge is 0.313 e. The average molecular weight is 291 g/mol. The van der Waals surface area contributed by atoms with Crippen molar-refractivity contribution >= 4 is 15.8 Å². The molecule has 0 saturated carbocycles. The molecule has 0 unspecified atom stereocenters. The van der Waals surface area contributed by atoms with Crippen molar-refractivity contribution in [1.82, 2.24) is 10.3 Å². The summed E-state index contributed by atoms with van der Waals surface area (Å²) in [7, 11) is -3.63. The molecule has 20 heavy (non-hydrogen) atoms. The maximum absolute atomic E-state index is 12.4. The van der Waals surface area contributed by atoms with E-state index in [-0.39, 0.29) is 4.90 Å². The summed E-state index contributed by atoms with van der Waals surface area (Å²) in [5.41, 5.74) is 0.734. The first-order valence-electron chi connectivity index (χ1n) is 6.36. The van der Waals surface area contributed by atoms with Crippen LogP contribution in [0.2, 0.25) is 0 Å². The third-order valence-corrected chi connectivity index (χ3v) is 4.19. The molecular formula is C14H17N3O2S.